The van der Waals surface area contributed by atoms with E-state index in [-0.39, 0.29) is 10.6 Å². The second-order valence-corrected chi connectivity index (χ2v) is 7.25. The van der Waals surface area contributed by atoms with E-state index in [0.717, 1.165) is 11.1 Å². The maximum absolute atomic E-state index is 12.6. The zero-order chi connectivity index (χ0) is 18.4. The van der Waals surface area contributed by atoms with E-state index in [1.807, 2.05) is 0 Å². The topological polar surface area (TPSA) is 97.4 Å². The summed E-state index contributed by atoms with van der Waals surface area (Å²) >= 11 is 0. The molecule has 2 N–H and O–H groups in total. The van der Waals surface area contributed by atoms with Gasteiger partial charge < -0.3 is 10.1 Å². The predicted octanol–water partition coefficient (Wildman–Crippen LogP) is 1.38. The number of aromatic nitrogens is 1. The Morgan fingerprint density at radius 2 is 1.92 bits per heavy atom. The molecule has 134 valence electrons. The fraction of sp³-hybridized carbons (Fsp3) is 0.294. The molecule has 0 aliphatic heterocycles. The van der Waals surface area contributed by atoms with Crippen LogP contribution in [0.2, 0.25) is 0 Å². The first-order chi connectivity index (χ1) is 11.8. The molecule has 8 heteroatoms. The number of nitrogens with one attached hydrogen (secondary N) is 2. The zero-order valence-corrected chi connectivity index (χ0v) is 15.1. The summed E-state index contributed by atoms with van der Waals surface area (Å²) in [6.45, 7) is 3.56. The molecule has 1 heterocycles. The number of nitrogens with zero attached hydrogens (tertiary/aromatic N) is 1. The number of hydrogen-bond acceptors (Lipinski definition) is 5. The quantitative estimate of drug-likeness (QED) is 0.775. The summed E-state index contributed by atoms with van der Waals surface area (Å²) in [4.78, 5) is 16.1. The molecule has 0 spiro atoms. The molecule has 2 aromatic rings. The lowest BCUT2D eigenvalue weighted by Crippen LogP contribution is -2.44. The van der Waals surface area contributed by atoms with Crippen LogP contribution in [0.25, 0.3) is 0 Å². The number of ether oxygens (including phenoxy) is 1. The number of sulfonamides is 1. The number of benzene rings is 1. The van der Waals surface area contributed by atoms with Crippen molar-refractivity contribution in [2.45, 2.75) is 31.3 Å². The molecule has 1 amide bonds. The summed E-state index contributed by atoms with van der Waals surface area (Å²) in [6, 6.07) is 7.44. The Hall–Kier alpha value is -2.45. The molecule has 0 radical (unpaired) electrons. The van der Waals surface area contributed by atoms with Crippen LogP contribution in [0.3, 0.4) is 0 Å². The summed E-state index contributed by atoms with van der Waals surface area (Å²) in [5.41, 5.74) is 1.65. The first-order valence-electron chi connectivity index (χ1n) is 7.67. The molecular weight excluding hydrogens is 342 g/mol. The van der Waals surface area contributed by atoms with Crippen LogP contribution in [0.4, 0.5) is 0 Å². The molecule has 0 aliphatic rings. The van der Waals surface area contributed by atoms with Crippen molar-refractivity contribution in [2.75, 3.05) is 7.11 Å². The molecule has 7 nitrogen and oxygen atoms in total. The number of carbonyl (C=O) groups is 1. The average molecular weight is 363 g/mol. The summed E-state index contributed by atoms with van der Waals surface area (Å²) in [7, 11) is -2.50. The second-order valence-electron chi connectivity index (χ2n) is 5.57. The Morgan fingerprint density at radius 1 is 1.24 bits per heavy atom. The number of amides is 1. The van der Waals surface area contributed by atoms with Gasteiger partial charge in [0, 0.05) is 18.9 Å². The normalized spacial score (nSPS) is 12.4. The molecule has 0 saturated heterocycles. The molecular formula is C17H21N3O4S. The van der Waals surface area contributed by atoms with Crippen molar-refractivity contribution >= 4 is 15.9 Å². The van der Waals surface area contributed by atoms with E-state index in [2.05, 4.69) is 15.0 Å². The SMILES string of the molecule is COc1ccc(C)cc1S(=O)(=O)N[C@@H](C)C(=O)NCc1ccncc1. The van der Waals surface area contributed by atoms with Crippen molar-refractivity contribution < 1.29 is 17.9 Å². The molecule has 25 heavy (non-hydrogen) atoms. The molecule has 1 aromatic carbocycles. The maximum Gasteiger partial charge on any atom is 0.244 e. The first kappa shape index (κ1) is 18.9. The van der Waals surface area contributed by atoms with Gasteiger partial charge in [0.15, 0.2) is 0 Å². The highest BCUT2D eigenvalue weighted by molar-refractivity contribution is 7.89. The summed E-state index contributed by atoms with van der Waals surface area (Å²) in [5.74, 6) is -0.200. The van der Waals surface area contributed by atoms with E-state index in [0.29, 0.717) is 6.54 Å². The molecule has 1 aromatic heterocycles. The third-order valence-electron chi connectivity index (χ3n) is 3.55. The number of hydrogen-bond donors (Lipinski definition) is 2. The van der Waals surface area contributed by atoms with Gasteiger partial charge in [-0.1, -0.05) is 6.07 Å². The third kappa shape index (κ3) is 5.01. The van der Waals surface area contributed by atoms with Gasteiger partial charge in [0.2, 0.25) is 15.9 Å². The van der Waals surface area contributed by atoms with Gasteiger partial charge >= 0.3 is 0 Å². The summed E-state index contributed by atoms with van der Waals surface area (Å²) in [6.07, 6.45) is 3.25. The van der Waals surface area contributed by atoms with Gasteiger partial charge in [-0.25, -0.2) is 8.42 Å². The van der Waals surface area contributed by atoms with E-state index in [4.69, 9.17) is 4.74 Å². The third-order valence-corrected chi connectivity index (χ3v) is 5.11. The number of pyridine rings is 1. The van der Waals surface area contributed by atoms with Crippen LogP contribution in [0.15, 0.2) is 47.6 Å². The molecule has 2 rings (SSSR count). The van der Waals surface area contributed by atoms with Crippen LogP contribution in [0, 0.1) is 6.92 Å². The minimum atomic E-state index is -3.90. The van der Waals surface area contributed by atoms with E-state index in [9.17, 15) is 13.2 Å². The summed E-state index contributed by atoms with van der Waals surface area (Å²) in [5, 5.41) is 2.69. The van der Waals surface area contributed by atoms with Crippen LogP contribution in [0.5, 0.6) is 5.75 Å². The van der Waals surface area contributed by atoms with Crippen LogP contribution < -0.4 is 14.8 Å². The molecule has 1 atom stereocenters. The highest BCUT2D eigenvalue weighted by Gasteiger charge is 2.25. The largest absolute Gasteiger partial charge is 0.495 e. The van der Waals surface area contributed by atoms with Gasteiger partial charge in [0.25, 0.3) is 0 Å². The minimum Gasteiger partial charge on any atom is -0.495 e. The van der Waals surface area contributed by atoms with Crippen molar-refractivity contribution in [2.24, 2.45) is 0 Å². The van der Waals surface area contributed by atoms with E-state index in [1.165, 1.54) is 20.1 Å². The van der Waals surface area contributed by atoms with Crippen molar-refractivity contribution in [3.8, 4) is 5.75 Å². The Morgan fingerprint density at radius 3 is 2.56 bits per heavy atom. The molecule has 0 unspecified atom stereocenters. The first-order valence-corrected chi connectivity index (χ1v) is 9.15. The molecule has 0 aliphatic carbocycles. The fourth-order valence-corrected chi connectivity index (χ4v) is 3.64. The van der Waals surface area contributed by atoms with Gasteiger partial charge in [-0.3, -0.25) is 9.78 Å². The maximum atomic E-state index is 12.6. The van der Waals surface area contributed by atoms with Gasteiger partial charge in [-0.15, -0.1) is 0 Å². The van der Waals surface area contributed by atoms with Crippen molar-refractivity contribution in [1.82, 2.24) is 15.0 Å². The van der Waals surface area contributed by atoms with E-state index < -0.39 is 22.0 Å². The van der Waals surface area contributed by atoms with Gasteiger partial charge in [-0.05, 0) is 49.2 Å². The van der Waals surface area contributed by atoms with Crippen LogP contribution >= 0.6 is 0 Å². The molecule has 0 bridgehead atoms. The van der Waals surface area contributed by atoms with Crippen LogP contribution in [-0.4, -0.2) is 32.5 Å². The van der Waals surface area contributed by atoms with Gasteiger partial charge in [-0.2, -0.15) is 4.72 Å². The fourth-order valence-electron chi connectivity index (χ4n) is 2.19. The lowest BCUT2D eigenvalue weighted by atomic mass is 10.2. The lowest BCUT2D eigenvalue weighted by Gasteiger charge is -2.16. The Balaban J connectivity index is 2.06. The van der Waals surface area contributed by atoms with Crippen LogP contribution in [-0.2, 0) is 21.4 Å². The van der Waals surface area contributed by atoms with Crippen molar-refractivity contribution in [1.29, 1.82) is 0 Å². The van der Waals surface area contributed by atoms with E-state index >= 15 is 0 Å². The smallest absolute Gasteiger partial charge is 0.244 e. The number of rotatable bonds is 7. The molecule has 0 fully saturated rings. The van der Waals surface area contributed by atoms with Crippen molar-refractivity contribution in [3.05, 3.63) is 53.9 Å². The lowest BCUT2D eigenvalue weighted by molar-refractivity contribution is -0.122. The highest BCUT2D eigenvalue weighted by atomic mass is 32.2. The van der Waals surface area contributed by atoms with E-state index in [1.54, 1.807) is 43.6 Å². The summed E-state index contributed by atoms with van der Waals surface area (Å²) < 4.78 is 32.6. The Bertz CT molecular complexity index is 838. The standard InChI is InChI=1S/C17H21N3O4S/c1-12-4-5-15(24-3)16(10-12)25(22,23)20-13(2)17(21)19-11-14-6-8-18-9-7-14/h4-10,13,20H,11H2,1-3H3,(H,19,21)/t13-/m0/s1. The second kappa shape index (κ2) is 8.09. The molecule has 0 saturated carbocycles. The van der Waals surface area contributed by atoms with Crippen molar-refractivity contribution in [3.63, 3.8) is 0 Å². The van der Waals surface area contributed by atoms with Gasteiger partial charge in [0.1, 0.15) is 10.6 Å². The number of aryl methyl sites for hydroxylation is 1. The zero-order valence-electron chi connectivity index (χ0n) is 14.3. The van der Waals surface area contributed by atoms with Gasteiger partial charge in [0.05, 0.1) is 13.2 Å². The average Bonchev–Trinajstić information content (AvgIpc) is 2.60. The number of methoxy groups -OCH3 is 1. The Labute approximate surface area is 147 Å². The van der Waals surface area contributed by atoms with Crippen LogP contribution in [0.1, 0.15) is 18.1 Å². The predicted molar refractivity (Wildman–Crippen MR) is 93.6 cm³/mol. The number of carbonyl (C=O) groups excluding carboxylic acids is 1. The minimum absolute atomic E-state index is 0.00350. The monoisotopic (exact) mass is 363 g/mol. The highest BCUT2D eigenvalue weighted by Crippen LogP contribution is 2.24. The Kier molecular flexibility index (Phi) is 6.11.